The average molecular weight is 312 g/mol. The van der Waals surface area contributed by atoms with Crippen LogP contribution >= 0.6 is 0 Å². The zero-order valence-corrected chi connectivity index (χ0v) is 12.9. The molecule has 3 heterocycles. The van der Waals surface area contributed by atoms with E-state index < -0.39 is 10.0 Å². The fourth-order valence-electron chi connectivity index (χ4n) is 2.93. The molecular weight excluding hydrogens is 292 g/mol. The fraction of sp³-hybridized carbons (Fsp3) is 0.643. The second-order valence-corrected chi connectivity index (χ2v) is 7.82. The van der Waals surface area contributed by atoms with E-state index in [1.54, 1.807) is 19.3 Å². The fourth-order valence-corrected chi connectivity index (χ4v) is 4.12. The van der Waals surface area contributed by atoms with Crippen LogP contribution in [0.3, 0.4) is 0 Å². The van der Waals surface area contributed by atoms with E-state index in [1.807, 2.05) is 12.1 Å². The van der Waals surface area contributed by atoms with Gasteiger partial charge in [0, 0.05) is 31.8 Å². The minimum atomic E-state index is -3.11. The summed E-state index contributed by atoms with van der Waals surface area (Å²) in [6.45, 7) is 3.76. The lowest BCUT2D eigenvalue weighted by molar-refractivity contribution is -0.107. The van der Waals surface area contributed by atoms with Crippen LogP contribution in [-0.4, -0.2) is 55.4 Å². The molecule has 1 aromatic rings. The number of hydrogen-bond donors (Lipinski definition) is 0. The van der Waals surface area contributed by atoms with Gasteiger partial charge in [-0.15, -0.1) is 0 Å². The van der Waals surface area contributed by atoms with Crippen molar-refractivity contribution in [3.63, 3.8) is 0 Å². The predicted octanol–water partition coefficient (Wildman–Crippen LogP) is 0.901. The zero-order valence-electron chi connectivity index (χ0n) is 12.1. The quantitative estimate of drug-likeness (QED) is 0.808. The third kappa shape index (κ3) is 2.77. The molecule has 1 spiro atoms. The molecule has 7 heteroatoms. The molecule has 0 aromatic carbocycles. The van der Waals surface area contributed by atoms with E-state index in [9.17, 15) is 8.42 Å². The SMILES string of the molecule is CCS(=O)(=O)N1CC2(C1)OCC[C@H]2COc1cccnc1. The van der Waals surface area contributed by atoms with Gasteiger partial charge < -0.3 is 9.47 Å². The van der Waals surface area contributed by atoms with Crippen LogP contribution in [0, 0.1) is 5.92 Å². The second kappa shape index (κ2) is 5.55. The zero-order chi connectivity index (χ0) is 14.9. The highest BCUT2D eigenvalue weighted by atomic mass is 32.2. The molecule has 2 aliphatic heterocycles. The number of aromatic nitrogens is 1. The molecule has 21 heavy (non-hydrogen) atoms. The van der Waals surface area contributed by atoms with Gasteiger partial charge in [-0.05, 0) is 25.5 Å². The first-order chi connectivity index (χ1) is 10.1. The molecule has 1 atom stereocenters. The first-order valence-electron chi connectivity index (χ1n) is 7.20. The molecule has 1 aromatic heterocycles. The Bertz CT molecular complexity index is 584. The summed E-state index contributed by atoms with van der Waals surface area (Å²) < 4.78 is 36.8. The van der Waals surface area contributed by atoms with Crippen LogP contribution in [-0.2, 0) is 14.8 Å². The lowest BCUT2D eigenvalue weighted by Gasteiger charge is -2.48. The summed E-state index contributed by atoms with van der Waals surface area (Å²) in [7, 11) is -3.11. The van der Waals surface area contributed by atoms with Crippen LogP contribution in [0.5, 0.6) is 5.75 Å². The maximum atomic E-state index is 11.8. The van der Waals surface area contributed by atoms with Crippen LogP contribution in [0.4, 0.5) is 0 Å². The van der Waals surface area contributed by atoms with E-state index in [4.69, 9.17) is 9.47 Å². The van der Waals surface area contributed by atoms with Gasteiger partial charge in [-0.1, -0.05) is 0 Å². The van der Waals surface area contributed by atoms with E-state index in [2.05, 4.69) is 4.98 Å². The van der Waals surface area contributed by atoms with Gasteiger partial charge in [0.1, 0.15) is 11.4 Å². The Morgan fingerprint density at radius 1 is 1.52 bits per heavy atom. The molecule has 0 radical (unpaired) electrons. The maximum Gasteiger partial charge on any atom is 0.214 e. The van der Waals surface area contributed by atoms with Gasteiger partial charge in [-0.2, -0.15) is 4.31 Å². The van der Waals surface area contributed by atoms with Crippen LogP contribution in [0.15, 0.2) is 24.5 Å². The molecule has 0 bridgehead atoms. The Kier molecular flexibility index (Phi) is 3.90. The smallest absolute Gasteiger partial charge is 0.214 e. The Hall–Kier alpha value is -1.18. The van der Waals surface area contributed by atoms with E-state index in [-0.39, 0.29) is 17.3 Å². The molecule has 0 N–H and O–H groups in total. The maximum absolute atomic E-state index is 11.8. The van der Waals surface area contributed by atoms with Gasteiger partial charge >= 0.3 is 0 Å². The molecule has 0 unspecified atom stereocenters. The number of nitrogens with zero attached hydrogens (tertiary/aromatic N) is 2. The second-order valence-electron chi connectivity index (χ2n) is 5.57. The van der Waals surface area contributed by atoms with Crippen molar-refractivity contribution >= 4 is 10.0 Å². The number of rotatable bonds is 5. The summed E-state index contributed by atoms with van der Waals surface area (Å²) in [5.74, 6) is 1.10. The summed E-state index contributed by atoms with van der Waals surface area (Å²) in [5, 5.41) is 0. The minimum absolute atomic E-state index is 0.139. The van der Waals surface area contributed by atoms with Crippen LogP contribution < -0.4 is 4.74 Å². The summed E-state index contributed by atoms with van der Waals surface area (Å²) >= 11 is 0. The van der Waals surface area contributed by atoms with Crippen molar-refractivity contribution in [2.75, 3.05) is 32.1 Å². The highest BCUT2D eigenvalue weighted by molar-refractivity contribution is 7.89. The van der Waals surface area contributed by atoms with E-state index >= 15 is 0 Å². The van der Waals surface area contributed by atoms with Gasteiger partial charge in [-0.25, -0.2) is 8.42 Å². The minimum Gasteiger partial charge on any atom is -0.492 e. The molecule has 2 aliphatic rings. The van der Waals surface area contributed by atoms with Gasteiger partial charge in [0.05, 0.1) is 18.6 Å². The summed E-state index contributed by atoms with van der Waals surface area (Å²) in [4.78, 5) is 4.01. The molecule has 0 saturated carbocycles. The van der Waals surface area contributed by atoms with Crippen LogP contribution in [0.25, 0.3) is 0 Å². The van der Waals surface area contributed by atoms with Gasteiger partial charge in [-0.3, -0.25) is 4.98 Å². The van der Waals surface area contributed by atoms with Crippen molar-refractivity contribution < 1.29 is 17.9 Å². The largest absolute Gasteiger partial charge is 0.492 e. The average Bonchev–Trinajstić information content (AvgIpc) is 2.88. The summed E-state index contributed by atoms with van der Waals surface area (Å²) in [5.41, 5.74) is -0.357. The predicted molar refractivity (Wildman–Crippen MR) is 77.6 cm³/mol. The van der Waals surface area contributed by atoms with Crippen molar-refractivity contribution in [1.82, 2.24) is 9.29 Å². The molecule has 2 saturated heterocycles. The van der Waals surface area contributed by atoms with Gasteiger partial charge in [0.2, 0.25) is 10.0 Å². The van der Waals surface area contributed by atoms with Crippen molar-refractivity contribution in [3.8, 4) is 5.75 Å². The van der Waals surface area contributed by atoms with Crippen molar-refractivity contribution in [3.05, 3.63) is 24.5 Å². The van der Waals surface area contributed by atoms with Crippen LogP contribution in [0.1, 0.15) is 13.3 Å². The molecule has 2 fully saturated rings. The number of ether oxygens (including phenoxy) is 2. The highest BCUT2D eigenvalue weighted by Gasteiger charge is 2.56. The van der Waals surface area contributed by atoms with Crippen molar-refractivity contribution in [1.29, 1.82) is 0 Å². The van der Waals surface area contributed by atoms with E-state index in [1.165, 1.54) is 4.31 Å². The topological polar surface area (TPSA) is 68.7 Å². The third-order valence-electron chi connectivity index (χ3n) is 4.33. The lowest BCUT2D eigenvalue weighted by Crippen LogP contribution is -2.66. The Morgan fingerprint density at radius 2 is 2.33 bits per heavy atom. The standard InChI is InChI=1S/C14H20N2O4S/c1-2-21(17,18)16-10-14(11-16)12(5-7-20-14)9-19-13-4-3-6-15-8-13/h3-4,6,8,12H,2,5,7,9-11H2,1H3/t12-/m0/s1. The Labute approximate surface area is 125 Å². The molecule has 6 nitrogen and oxygen atoms in total. The molecule has 0 amide bonds. The summed E-state index contributed by atoms with van der Waals surface area (Å²) in [6, 6.07) is 3.69. The van der Waals surface area contributed by atoms with Gasteiger partial charge in [0.15, 0.2) is 0 Å². The third-order valence-corrected chi connectivity index (χ3v) is 6.11. The normalized spacial score (nSPS) is 24.9. The van der Waals surface area contributed by atoms with E-state index in [0.29, 0.717) is 26.3 Å². The first-order valence-corrected chi connectivity index (χ1v) is 8.81. The van der Waals surface area contributed by atoms with E-state index in [0.717, 1.165) is 12.2 Å². The molecule has 0 aliphatic carbocycles. The first kappa shape index (κ1) is 14.7. The lowest BCUT2D eigenvalue weighted by atomic mass is 9.83. The number of sulfonamides is 1. The monoisotopic (exact) mass is 312 g/mol. The molecule has 116 valence electrons. The van der Waals surface area contributed by atoms with Crippen molar-refractivity contribution in [2.24, 2.45) is 5.92 Å². The van der Waals surface area contributed by atoms with Gasteiger partial charge in [0.25, 0.3) is 0 Å². The van der Waals surface area contributed by atoms with Crippen LogP contribution in [0.2, 0.25) is 0 Å². The number of hydrogen-bond acceptors (Lipinski definition) is 5. The highest BCUT2D eigenvalue weighted by Crippen LogP contribution is 2.41. The van der Waals surface area contributed by atoms with Crippen molar-refractivity contribution in [2.45, 2.75) is 18.9 Å². The Balaban J connectivity index is 1.60. The molecular formula is C14H20N2O4S. The summed E-state index contributed by atoms with van der Waals surface area (Å²) in [6.07, 6.45) is 4.28. The molecule has 3 rings (SSSR count). The Morgan fingerprint density at radius 3 is 3.00 bits per heavy atom. The number of pyridine rings is 1.